The van der Waals surface area contributed by atoms with Crippen molar-refractivity contribution in [2.75, 3.05) is 0 Å². The van der Waals surface area contributed by atoms with Crippen LogP contribution in [0.25, 0.3) is 0 Å². The van der Waals surface area contributed by atoms with Crippen LogP contribution in [0.15, 0.2) is 72.2 Å². The summed E-state index contributed by atoms with van der Waals surface area (Å²) < 4.78 is 0. The van der Waals surface area contributed by atoms with Crippen molar-refractivity contribution in [2.45, 2.75) is 18.9 Å². The van der Waals surface area contributed by atoms with Crippen molar-refractivity contribution in [2.24, 2.45) is 0 Å². The van der Waals surface area contributed by atoms with E-state index in [1.165, 1.54) is 4.88 Å². The number of rotatable bonds is 6. The summed E-state index contributed by atoms with van der Waals surface area (Å²) in [6, 6.07) is 19.6. The number of amides is 1. The maximum Gasteiger partial charge on any atom is 0.221 e. The lowest BCUT2D eigenvalue weighted by atomic mass is 10.0. The largest absolute Gasteiger partial charge is 0.344 e. The summed E-state index contributed by atoms with van der Waals surface area (Å²) in [5.41, 5.74) is 1.89. The van der Waals surface area contributed by atoms with Crippen molar-refractivity contribution in [3.8, 4) is 0 Å². The van der Waals surface area contributed by atoms with Gasteiger partial charge in [0.05, 0.1) is 11.7 Å². The van der Waals surface area contributed by atoms with Crippen molar-refractivity contribution in [1.29, 1.82) is 0 Å². The molecule has 0 aliphatic heterocycles. The Morgan fingerprint density at radius 1 is 1.04 bits per heavy atom. The fraction of sp³-hybridized carbons (Fsp3) is 0.158. The van der Waals surface area contributed by atoms with E-state index in [4.69, 9.17) is 0 Å². The molecule has 0 saturated carbocycles. The minimum atomic E-state index is -0.215. The molecule has 23 heavy (non-hydrogen) atoms. The van der Waals surface area contributed by atoms with Gasteiger partial charge in [-0.05, 0) is 35.6 Å². The van der Waals surface area contributed by atoms with Crippen LogP contribution in [0.3, 0.4) is 0 Å². The van der Waals surface area contributed by atoms with E-state index in [1.807, 2.05) is 60.0 Å². The predicted octanol–water partition coefficient (Wildman–Crippen LogP) is 3.98. The van der Waals surface area contributed by atoms with Gasteiger partial charge in [-0.3, -0.25) is 9.78 Å². The normalized spacial score (nSPS) is 11.8. The number of thiophene rings is 1. The Morgan fingerprint density at radius 2 is 1.87 bits per heavy atom. The first-order chi connectivity index (χ1) is 11.3. The van der Waals surface area contributed by atoms with Crippen molar-refractivity contribution in [1.82, 2.24) is 10.3 Å². The highest BCUT2D eigenvalue weighted by atomic mass is 32.1. The monoisotopic (exact) mass is 322 g/mol. The number of carbonyl (C=O) groups excluding carboxylic acids is 1. The molecule has 3 aromatic rings. The molecule has 1 atom stereocenters. The van der Waals surface area contributed by atoms with Crippen LogP contribution in [0.4, 0.5) is 0 Å². The highest BCUT2D eigenvalue weighted by Gasteiger charge is 2.17. The van der Waals surface area contributed by atoms with E-state index in [-0.39, 0.29) is 11.9 Å². The van der Waals surface area contributed by atoms with Crippen molar-refractivity contribution in [3.63, 3.8) is 0 Å². The third kappa shape index (κ3) is 4.27. The maximum atomic E-state index is 12.4. The highest BCUT2D eigenvalue weighted by molar-refractivity contribution is 7.09. The molecule has 1 unspecified atom stereocenters. The molecule has 3 rings (SSSR count). The molecule has 0 spiro atoms. The lowest BCUT2D eigenvalue weighted by Gasteiger charge is -2.18. The van der Waals surface area contributed by atoms with Gasteiger partial charge in [-0.2, -0.15) is 0 Å². The smallest absolute Gasteiger partial charge is 0.221 e. The zero-order valence-corrected chi connectivity index (χ0v) is 13.5. The summed E-state index contributed by atoms with van der Waals surface area (Å²) >= 11 is 1.68. The second-order valence-corrected chi connectivity index (χ2v) is 6.28. The van der Waals surface area contributed by atoms with Crippen molar-refractivity contribution < 1.29 is 4.79 Å². The number of nitrogens with one attached hydrogen (secondary N) is 1. The van der Waals surface area contributed by atoms with Gasteiger partial charge in [-0.25, -0.2) is 0 Å². The Morgan fingerprint density at radius 3 is 2.57 bits per heavy atom. The number of aryl methyl sites for hydroxylation is 1. The molecule has 2 aromatic heterocycles. The molecule has 0 bridgehead atoms. The number of nitrogens with zero attached hydrogens (tertiary/aromatic N) is 1. The van der Waals surface area contributed by atoms with E-state index < -0.39 is 0 Å². The molecule has 1 amide bonds. The fourth-order valence-electron chi connectivity index (χ4n) is 2.44. The Bertz CT molecular complexity index is 687. The lowest BCUT2D eigenvalue weighted by Crippen LogP contribution is -2.30. The number of pyridine rings is 1. The van der Waals surface area contributed by atoms with E-state index in [1.54, 1.807) is 17.5 Å². The van der Waals surface area contributed by atoms with Crippen LogP contribution in [0.1, 0.15) is 28.6 Å². The molecule has 2 heterocycles. The first kappa shape index (κ1) is 15.4. The minimum Gasteiger partial charge on any atom is -0.344 e. The Hall–Kier alpha value is -2.46. The summed E-state index contributed by atoms with van der Waals surface area (Å²) in [6.45, 7) is 0. The first-order valence-electron chi connectivity index (χ1n) is 7.60. The highest BCUT2D eigenvalue weighted by Crippen LogP contribution is 2.20. The number of carbonyl (C=O) groups is 1. The Labute approximate surface area is 140 Å². The van der Waals surface area contributed by atoms with Gasteiger partial charge in [-0.1, -0.05) is 42.5 Å². The predicted molar refractivity (Wildman–Crippen MR) is 93.3 cm³/mol. The average Bonchev–Trinajstić information content (AvgIpc) is 3.13. The van der Waals surface area contributed by atoms with Crippen LogP contribution in [-0.2, 0) is 11.2 Å². The Balaban J connectivity index is 1.72. The van der Waals surface area contributed by atoms with Crippen LogP contribution in [0.2, 0.25) is 0 Å². The fourth-order valence-corrected chi connectivity index (χ4v) is 3.15. The van der Waals surface area contributed by atoms with Crippen LogP contribution < -0.4 is 5.32 Å². The van der Waals surface area contributed by atoms with Gasteiger partial charge in [0, 0.05) is 17.5 Å². The molecule has 0 aliphatic rings. The molecule has 116 valence electrons. The molecular formula is C19H18N2OS. The summed E-state index contributed by atoms with van der Waals surface area (Å²) in [4.78, 5) is 18.0. The van der Waals surface area contributed by atoms with Crippen LogP contribution in [-0.4, -0.2) is 10.9 Å². The lowest BCUT2D eigenvalue weighted by molar-refractivity contribution is -0.121. The zero-order valence-electron chi connectivity index (χ0n) is 12.7. The third-order valence-corrected chi connectivity index (χ3v) is 4.54. The topological polar surface area (TPSA) is 42.0 Å². The maximum absolute atomic E-state index is 12.4. The SMILES string of the molecule is O=C(CCc1cccs1)NC(c1ccccc1)c1ccccn1. The van der Waals surface area contributed by atoms with Crippen molar-refractivity contribution in [3.05, 3.63) is 88.4 Å². The quantitative estimate of drug-likeness (QED) is 0.746. The molecular weight excluding hydrogens is 304 g/mol. The summed E-state index contributed by atoms with van der Waals surface area (Å²) in [5, 5.41) is 5.15. The molecule has 0 fully saturated rings. The number of benzene rings is 1. The third-order valence-electron chi connectivity index (χ3n) is 3.60. The van der Waals surface area contributed by atoms with E-state index in [0.717, 1.165) is 17.7 Å². The van der Waals surface area contributed by atoms with E-state index in [2.05, 4.69) is 16.4 Å². The van der Waals surface area contributed by atoms with E-state index in [0.29, 0.717) is 6.42 Å². The minimum absolute atomic E-state index is 0.0397. The van der Waals surface area contributed by atoms with Gasteiger partial charge in [-0.15, -0.1) is 11.3 Å². The van der Waals surface area contributed by atoms with Crippen LogP contribution in [0, 0.1) is 0 Å². The first-order valence-corrected chi connectivity index (χ1v) is 8.48. The van der Waals surface area contributed by atoms with Gasteiger partial charge in [0.2, 0.25) is 5.91 Å². The van der Waals surface area contributed by atoms with Gasteiger partial charge >= 0.3 is 0 Å². The molecule has 3 nitrogen and oxygen atoms in total. The standard InChI is InChI=1S/C19H18N2OS/c22-18(12-11-16-9-6-14-23-16)21-19(15-7-2-1-3-8-15)17-10-4-5-13-20-17/h1-10,13-14,19H,11-12H2,(H,21,22). The molecule has 1 N–H and O–H groups in total. The molecule has 1 aromatic carbocycles. The zero-order chi connectivity index (χ0) is 15.9. The van der Waals surface area contributed by atoms with Crippen LogP contribution in [0.5, 0.6) is 0 Å². The number of aromatic nitrogens is 1. The van der Waals surface area contributed by atoms with Gasteiger partial charge < -0.3 is 5.32 Å². The van der Waals surface area contributed by atoms with Crippen molar-refractivity contribution >= 4 is 17.2 Å². The van der Waals surface area contributed by atoms with E-state index in [9.17, 15) is 4.79 Å². The average molecular weight is 322 g/mol. The number of hydrogen-bond donors (Lipinski definition) is 1. The molecule has 0 aliphatic carbocycles. The summed E-state index contributed by atoms with van der Waals surface area (Å²) in [7, 11) is 0. The molecule has 0 saturated heterocycles. The summed E-state index contributed by atoms with van der Waals surface area (Å²) in [6.07, 6.45) is 3.01. The van der Waals surface area contributed by atoms with Gasteiger partial charge in [0.15, 0.2) is 0 Å². The summed E-state index contributed by atoms with van der Waals surface area (Å²) in [5.74, 6) is 0.0397. The van der Waals surface area contributed by atoms with Crippen LogP contribution >= 0.6 is 11.3 Å². The van der Waals surface area contributed by atoms with Gasteiger partial charge in [0.1, 0.15) is 0 Å². The van der Waals surface area contributed by atoms with Gasteiger partial charge in [0.25, 0.3) is 0 Å². The number of hydrogen-bond acceptors (Lipinski definition) is 3. The Kier molecular flexibility index (Phi) is 5.17. The second-order valence-electron chi connectivity index (χ2n) is 5.25. The van der Waals surface area contributed by atoms with E-state index >= 15 is 0 Å². The second kappa shape index (κ2) is 7.70. The molecule has 0 radical (unpaired) electrons. The molecule has 4 heteroatoms.